The predicted octanol–water partition coefficient (Wildman–Crippen LogP) is 4.56. The lowest BCUT2D eigenvalue weighted by molar-refractivity contribution is -0.116. The second-order valence-electron chi connectivity index (χ2n) is 8.34. The summed E-state index contributed by atoms with van der Waals surface area (Å²) in [6.45, 7) is 7.31. The van der Waals surface area contributed by atoms with E-state index in [1.807, 2.05) is 18.2 Å². The van der Waals surface area contributed by atoms with E-state index >= 15 is 0 Å². The summed E-state index contributed by atoms with van der Waals surface area (Å²) in [4.78, 5) is 28.6. The van der Waals surface area contributed by atoms with Gasteiger partial charge < -0.3 is 10.6 Å². The smallest absolute Gasteiger partial charge is 0.251 e. The Hall–Kier alpha value is -2.18. The number of aryl methyl sites for hydroxylation is 1. The highest BCUT2D eigenvalue weighted by molar-refractivity contribution is 7.09. The number of anilines is 1. The highest BCUT2D eigenvalue weighted by atomic mass is 32.1. The van der Waals surface area contributed by atoms with Gasteiger partial charge in [-0.2, -0.15) is 0 Å². The molecule has 1 aliphatic rings. The Morgan fingerprint density at radius 3 is 2.73 bits per heavy atom. The number of rotatable bonds is 9. The second-order valence-corrected chi connectivity index (χ2v) is 9.37. The van der Waals surface area contributed by atoms with Gasteiger partial charge in [-0.1, -0.05) is 19.1 Å². The number of benzene rings is 1. The van der Waals surface area contributed by atoms with E-state index in [0.29, 0.717) is 30.3 Å². The minimum Gasteiger partial charge on any atom is -0.350 e. The molecule has 0 spiro atoms. The first kappa shape index (κ1) is 22.5. The van der Waals surface area contributed by atoms with E-state index in [0.717, 1.165) is 31.8 Å². The van der Waals surface area contributed by atoms with E-state index < -0.39 is 0 Å². The van der Waals surface area contributed by atoms with E-state index in [-0.39, 0.29) is 11.8 Å². The lowest BCUT2D eigenvalue weighted by Crippen LogP contribution is -2.45. The van der Waals surface area contributed by atoms with Gasteiger partial charge in [-0.05, 0) is 81.3 Å². The van der Waals surface area contributed by atoms with Crippen molar-refractivity contribution >= 4 is 28.8 Å². The van der Waals surface area contributed by atoms with E-state index in [2.05, 4.69) is 40.8 Å². The van der Waals surface area contributed by atoms with Crippen LogP contribution in [0.4, 0.5) is 5.69 Å². The topological polar surface area (TPSA) is 61.4 Å². The average Bonchev–Trinajstić information content (AvgIpc) is 3.26. The number of piperidine rings is 1. The zero-order valence-electron chi connectivity index (χ0n) is 18.0. The van der Waals surface area contributed by atoms with Crippen LogP contribution in [-0.2, 0) is 11.2 Å². The molecule has 1 aliphatic heterocycles. The van der Waals surface area contributed by atoms with Crippen molar-refractivity contribution in [2.45, 2.75) is 52.0 Å². The molecule has 2 N–H and O–H groups in total. The summed E-state index contributed by atoms with van der Waals surface area (Å²) >= 11 is 1.72. The summed E-state index contributed by atoms with van der Waals surface area (Å²) in [5, 5.41) is 8.01. The zero-order chi connectivity index (χ0) is 21.3. The maximum Gasteiger partial charge on any atom is 0.251 e. The first-order valence-electron chi connectivity index (χ1n) is 11.0. The minimum absolute atomic E-state index is 0.0166. The molecule has 2 amide bonds. The highest BCUT2D eigenvalue weighted by Gasteiger charge is 2.20. The van der Waals surface area contributed by atoms with Crippen LogP contribution < -0.4 is 10.6 Å². The highest BCUT2D eigenvalue weighted by Crippen LogP contribution is 2.18. The van der Waals surface area contributed by atoms with E-state index in [9.17, 15) is 9.59 Å². The quantitative estimate of drug-likeness (QED) is 0.617. The first-order valence-corrected chi connectivity index (χ1v) is 11.8. The summed E-state index contributed by atoms with van der Waals surface area (Å²) < 4.78 is 0. The fourth-order valence-corrected chi connectivity index (χ4v) is 4.53. The van der Waals surface area contributed by atoms with Gasteiger partial charge in [0.05, 0.1) is 0 Å². The van der Waals surface area contributed by atoms with Gasteiger partial charge in [0.15, 0.2) is 0 Å². The third kappa shape index (κ3) is 6.96. The van der Waals surface area contributed by atoms with Crippen LogP contribution in [-0.4, -0.2) is 42.4 Å². The summed E-state index contributed by atoms with van der Waals surface area (Å²) in [5.74, 6) is 0.690. The van der Waals surface area contributed by atoms with Gasteiger partial charge in [-0.15, -0.1) is 11.3 Å². The van der Waals surface area contributed by atoms with Crippen molar-refractivity contribution in [2.75, 3.05) is 25.0 Å². The summed E-state index contributed by atoms with van der Waals surface area (Å²) in [7, 11) is 0. The summed E-state index contributed by atoms with van der Waals surface area (Å²) in [6.07, 6.45) is 4.67. The first-order chi connectivity index (χ1) is 14.5. The summed E-state index contributed by atoms with van der Waals surface area (Å²) in [6, 6.07) is 11.6. The second kappa shape index (κ2) is 11.3. The molecule has 0 bridgehead atoms. The Balaban J connectivity index is 1.43. The number of thiophene rings is 1. The minimum atomic E-state index is -0.0963. The largest absolute Gasteiger partial charge is 0.350 e. The van der Waals surface area contributed by atoms with Gasteiger partial charge in [0.1, 0.15) is 0 Å². The van der Waals surface area contributed by atoms with Crippen LogP contribution in [0.3, 0.4) is 0 Å². The molecule has 30 heavy (non-hydrogen) atoms. The molecule has 1 saturated heterocycles. The zero-order valence-corrected chi connectivity index (χ0v) is 18.8. The Morgan fingerprint density at radius 1 is 1.20 bits per heavy atom. The average molecular weight is 428 g/mol. The van der Waals surface area contributed by atoms with Crippen molar-refractivity contribution in [2.24, 2.45) is 5.92 Å². The molecule has 162 valence electrons. The number of hydrogen-bond donors (Lipinski definition) is 2. The Kier molecular flexibility index (Phi) is 8.46. The van der Waals surface area contributed by atoms with Crippen molar-refractivity contribution < 1.29 is 9.59 Å². The van der Waals surface area contributed by atoms with E-state index in [1.54, 1.807) is 23.5 Å². The van der Waals surface area contributed by atoms with Crippen molar-refractivity contribution in [1.29, 1.82) is 0 Å². The maximum absolute atomic E-state index is 12.6. The molecule has 1 unspecified atom stereocenters. The monoisotopic (exact) mass is 427 g/mol. The molecule has 6 heteroatoms. The van der Waals surface area contributed by atoms with Crippen LogP contribution in [0.1, 0.15) is 54.8 Å². The van der Waals surface area contributed by atoms with Crippen LogP contribution in [0.15, 0.2) is 41.8 Å². The van der Waals surface area contributed by atoms with Crippen LogP contribution in [0.2, 0.25) is 0 Å². The van der Waals surface area contributed by atoms with Crippen molar-refractivity contribution in [3.8, 4) is 0 Å². The fraction of sp³-hybridized carbons (Fsp3) is 0.500. The van der Waals surface area contributed by atoms with Gasteiger partial charge in [0.25, 0.3) is 5.91 Å². The third-order valence-electron chi connectivity index (χ3n) is 5.82. The third-order valence-corrected chi connectivity index (χ3v) is 6.75. The van der Waals surface area contributed by atoms with Gasteiger partial charge >= 0.3 is 0 Å². The molecule has 2 heterocycles. The summed E-state index contributed by atoms with van der Waals surface area (Å²) in [5.41, 5.74) is 1.24. The predicted molar refractivity (Wildman–Crippen MR) is 124 cm³/mol. The van der Waals surface area contributed by atoms with E-state index in [1.165, 1.54) is 17.7 Å². The maximum atomic E-state index is 12.6. The standard InChI is InChI=1S/C24H33N3O2S/c1-18-11-13-27(14-12-18)19(2)17-25-24(29)20-6-3-7-21(16-20)26-23(28)10-4-8-22-9-5-15-30-22/h3,5-7,9,15-16,18-19H,4,8,10-14,17H2,1-2H3,(H,25,29)(H,26,28). The Bertz CT molecular complexity index is 814. The molecule has 1 aromatic carbocycles. The van der Waals surface area contributed by atoms with Crippen molar-refractivity contribution in [3.63, 3.8) is 0 Å². The van der Waals surface area contributed by atoms with E-state index in [4.69, 9.17) is 0 Å². The molecule has 5 nitrogen and oxygen atoms in total. The number of nitrogens with zero attached hydrogens (tertiary/aromatic N) is 1. The number of carbonyl (C=O) groups is 2. The number of nitrogens with one attached hydrogen (secondary N) is 2. The lowest BCUT2D eigenvalue weighted by atomic mass is 9.98. The number of hydrogen-bond acceptors (Lipinski definition) is 4. The number of likely N-dealkylation sites (tertiary alicyclic amines) is 1. The van der Waals surface area contributed by atoms with Gasteiger partial charge in [0, 0.05) is 35.1 Å². The molecular weight excluding hydrogens is 394 g/mol. The Labute approximate surface area is 183 Å². The SMILES string of the molecule is CC1CCN(C(C)CNC(=O)c2cccc(NC(=O)CCCc3cccs3)c2)CC1. The Morgan fingerprint density at radius 2 is 2.00 bits per heavy atom. The van der Waals surface area contributed by atoms with Crippen molar-refractivity contribution in [3.05, 3.63) is 52.2 Å². The molecular formula is C24H33N3O2S. The fourth-order valence-electron chi connectivity index (χ4n) is 3.78. The van der Waals surface area contributed by atoms with Crippen LogP contribution in [0.5, 0.6) is 0 Å². The van der Waals surface area contributed by atoms with Crippen LogP contribution >= 0.6 is 11.3 Å². The van der Waals surface area contributed by atoms with Crippen LogP contribution in [0.25, 0.3) is 0 Å². The lowest BCUT2D eigenvalue weighted by Gasteiger charge is -2.35. The molecule has 1 atom stereocenters. The molecule has 1 aromatic heterocycles. The molecule has 0 radical (unpaired) electrons. The van der Waals surface area contributed by atoms with Crippen molar-refractivity contribution in [1.82, 2.24) is 10.2 Å². The van der Waals surface area contributed by atoms with Gasteiger partial charge in [0.2, 0.25) is 5.91 Å². The normalized spacial score (nSPS) is 16.2. The number of carbonyl (C=O) groups excluding carboxylic acids is 2. The molecule has 3 rings (SSSR count). The van der Waals surface area contributed by atoms with Crippen LogP contribution in [0, 0.1) is 5.92 Å². The molecule has 1 fully saturated rings. The molecule has 0 saturated carbocycles. The molecule has 2 aromatic rings. The number of amides is 2. The van der Waals surface area contributed by atoms with Gasteiger partial charge in [-0.25, -0.2) is 0 Å². The van der Waals surface area contributed by atoms with Gasteiger partial charge in [-0.3, -0.25) is 14.5 Å². The molecule has 0 aliphatic carbocycles.